The Morgan fingerprint density at radius 3 is 2.23 bits per heavy atom. The van der Waals surface area contributed by atoms with Gasteiger partial charge >= 0.3 is 6.09 Å². The van der Waals surface area contributed by atoms with E-state index in [1.807, 2.05) is 32.9 Å². The molecule has 0 spiro atoms. The molecular formula is C19H27N5O2. The van der Waals surface area contributed by atoms with Gasteiger partial charge in [0.25, 0.3) is 0 Å². The van der Waals surface area contributed by atoms with E-state index in [-0.39, 0.29) is 11.7 Å². The Labute approximate surface area is 155 Å². The first-order valence-corrected chi connectivity index (χ1v) is 8.71. The maximum Gasteiger partial charge on any atom is 0.407 e. The molecule has 0 aliphatic rings. The second-order valence-corrected chi connectivity index (χ2v) is 6.98. The highest BCUT2D eigenvalue weighted by Crippen LogP contribution is 2.23. The Kier molecular flexibility index (Phi) is 8.24. The quantitative estimate of drug-likeness (QED) is 0.483. The fraction of sp³-hybridized carbons (Fsp3) is 0.526. The highest BCUT2D eigenvalue weighted by Gasteiger charge is 2.15. The van der Waals surface area contributed by atoms with Crippen LogP contribution in [0.25, 0.3) is 0 Å². The zero-order valence-electron chi connectivity index (χ0n) is 15.7. The van der Waals surface area contributed by atoms with E-state index in [0.717, 1.165) is 32.2 Å². The second-order valence-electron chi connectivity index (χ2n) is 6.98. The summed E-state index contributed by atoms with van der Waals surface area (Å²) in [4.78, 5) is 11.5. The van der Waals surface area contributed by atoms with E-state index in [1.54, 1.807) is 6.07 Å². The van der Waals surface area contributed by atoms with Gasteiger partial charge in [0.1, 0.15) is 17.7 Å². The van der Waals surface area contributed by atoms with Gasteiger partial charge in [0.15, 0.2) is 0 Å². The van der Waals surface area contributed by atoms with Crippen molar-refractivity contribution >= 4 is 17.5 Å². The number of carbonyl (C=O) groups excluding carboxylic acids is 1. The summed E-state index contributed by atoms with van der Waals surface area (Å²) in [6.07, 6.45) is 3.43. The third-order valence-corrected chi connectivity index (χ3v) is 3.52. The van der Waals surface area contributed by atoms with Crippen molar-refractivity contribution in [3.8, 4) is 12.1 Å². The monoisotopic (exact) mass is 357 g/mol. The number of amides is 1. The lowest BCUT2D eigenvalue weighted by atomic mass is 10.1. The Morgan fingerprint density at radius 2 is 1.65 bits per heavy atom. The molecular weight excluding hydrogens is 330 g/mol. The van der Waals surface area contributed by atoms with Crippen LogP contribution >= 0.6 is 0 Å². The van der Waals surface area contributed by atoms with Crippen molar-refractivity contribution < 1.29 is 9.53 Å². The van der Waals surface area contributed by atoms with Gasteiger partial charge in [-0.15, -0.1) is 0 Å². The largest absolute Gasteiger partial charge is 0.444 e. The molecule has 0 unspecified atom stereocenters. The van der Waals surface area contributed by atoms with Crippen molar-refractivity contribution in [2.75, 3.05) is 24.1 Å². The van der Waals surface area contributed by atoms with Crippen LogP contribution in [0.15, 0.2) is 12.1 Å². The highest BCUT2D eigenvalue weighted by atomic mass is 16.6. The normalized spacial score (nSPS) is 10.5. The Bertz CT molecular complexity index is 696. The zero-order valence-corrected chi connectivity index (χ0v) is 15.7. The summed E-state index contributed by atoms with van der Waals surface area (Å²) in [6.45, 7) is 6.82. The lowest BCUT2D eigenvalue weighted by Crippen LogP contribution is -2.32. The molecule has 0 heterocycles. The fourth-order valence-electron chi connectivity index (χ4n) is 2.29. The van der Waals surface area contributed by atoms with Gasteiger partial charge in [0, 0.05) is 13.1 Å². The predicted octanol–water partition coefficient (Wildman–Crippen LogP) is 3.51. The van der Waals surface area contributed by atoms with E-state index in [0.29, 0.717) is 23.5 Å². The highest BCUT2D eigenvalue weighted by molar-refractivity contribution is 5.72. The summed E-state index contributed by atoms with van der Waals surface area (Å²) in [6, 6.07) is 7.09. The Hall–Kier alpha value is -2.93. The zero-order chi connectivity index (χ0) is 19.6. The number of alkyl carbamates (subject to hydrolysis) is 1. The minimum absolute atomic E-state index is 0.285. The molecule has 0 saturated carbocycles. The number of nitrogens with zero attached hydrogens (tertiary/aromatic N) is 2. The lowest BCUT2D eigenvalue weighted by molar-refractivity contribution is 0.0527. The van der Waals surface area contributed by atoms with Gasteiger partial charge in [-0.2, -0.15) is 10.5 Å². The van der Waals surface area contributed by atoms with E-state index in [4.69, 9.17) is 21.0 Å². The van der Waals surface area contributed by atoms with Gasteiger partial charge in [-0.3, -0.25) is 0 Å². The molecule has 0 bridgehead atoms. The number of carbonyl (C=O) groups is 1. The summed E-state index contributed by atoms with van der Waals surface area (Å²) in [7, 11) is 0. The van der Waals surface area contributed by atoms with E-state index < -0.39 is 5.60 Å². The maximum absolute atomic E-state index is 11.5. The molecule has 0 fully saturated rings. The molecule has 140 valence electrons. The predicted molar refractivity (Wildman–Crippen MR) is 101 cm³/mol. The number of nitrogen functional groups attached to an aromatic ring is 1. The van der Waals surface area contributed by atoms with E-state index in [9.17, 15) is 4.79 Å². The van der Waals surface area contributed by atoms with Crippen LogP contribution in [0.1, 0.15) is 57.6 Å². The van der Waals surface area contributed by atoms with Crippen molar-refractivity contribution in [3.05, 3.63) is 23.3 Å². The van der Waals surface area contributed by atoms with Crippen LogP contribution in [0.5, 0.6) is 0 Å². The number of hydrogen-bond donors (Lipinski definition) is 3. The van der Waals surface area contributed by atoms with Crippen LogP contribution in [0, 0.1) is 22.7 Å². The van der Waals surface area contributed by atoms with E-state index in [2.05, 4.69) is 10.6 Å². The van der Waals surface area contributed by atoms with Crippen molar-refractivity contribution in [2.45, 2.75) is 52.1 Å². The first kappa shape index (κ1) is 21.1. The van der Waals surface area contributed by atoms with Crippen LogP contribution in [-0.4, -0.2) is 24.8 Å². The number of rotatable bonds is 8. The number of ether oxygens (including phenoxy) is 1. The number of nitrogens with one attached hydrogen (secondary N) is 2. The molecule has 7 heteroatoms. The fourth-order valence-corrected chi connectivity index (χ4v) is 2.29. The van der Waals surface area contributed by atoms with Gasteiger partial charge in [-0.25, -0.2) is 4.79 Å². The minimum atomic E-state index is -0.478. The first-order valence-electron chi connectivity index (χ1n) is 8.71. The molecule has 0 aliphatic carbocycles. The summed E-state index contributed by atoms with van der Waals surface area (Å²) in [5, 5.41) is 23.9. The summed E-state index contributed by atoms with van der Waals surface area (Å²) >= 11 is 0. The number of unbranched alkanes of at least 4 members (excludes halogenated alkanes) is 3. The van der Waals surface area contributed by atoms with Gasteiger partial charge in [-0.1, -0.05) is 12.8 Å². The molecule has 7 nitrogen and oxygen atoms in total. The molecule has 0 radical (unpaired) electrons. The van der Waals surface area contributed by atoms with Gasteiger partial charge in [-0.05, 0) is 45.7 Å². The SMILES string of the molecule is CC(C)(C)OC(=O)NCCCCCCNc1cc(C#N)c(C#N)cc1N. The van der Waals surface area contributed by atoms with Crippen LogP contribution in [-0.2, 0) is 4.74 Å². The van der Waals surface area contributed by atoms with Gasteiger partial charge in [0.05, 0.1) is 22.5 Å². The standard InChI is InChI=1S/C19H27N5O2/c1-19(2,3)26-18(25)24-9-7-5-4-6-8-23-17-11-15(13-21)14(12-20)10-16(17)22/h10-11,23H,4-9,22H2,1-3H3,(H,24,25). The topological polar surface area (TPSA) is 124 Å². The molecule has 1 rings (SSSR count). The molecule has 0 aliphatic heterocycles. The van der Waals surface area contributed by atoms with Crippen molar-refractivity contribution in [1.29, 1.82) is 10.5 Å². The van der Waals surface area contributed by atoms with Crippen molar-refractivity contribution in [2.24, 2.45) is 0 Å². The van der Waals surface area contributed by atoms with Crippen LogP contribution in [0.2, 0.25) is 0 Å². The van der Waals surface area contributed by atoms with Crippen molar-refractivity contribution in [1.82, 2.24) is 5.32 Å². The average molecular weight is 357 g/mol. The molecule has 0 saturated heterocycles. The molecule has 4 N–H and O–H groups in total. The number of benzene rings is 1. The average Bonchev–Trinajstić information content (AvgIpc) is 2.56. The summed E-state index contributed by atoms with van der Waals surface area (Å²) < 4.78 is 5.16. The van der Waals surface area contributed by atoms with Crippen LogP contribution < -0.4 is 16.4 Å². The summed E-state index contributed by atoms with van der Waals surface area (Å²) in [5.74, 6) is 0. The maximum atomic E-state index is 11.5. The first-order chi connectivity index (χ1) is 12.3. The Balaban J connectivity index is 2.21. The van der Waals surface area contributed by atoms with E-state index >= 15 is 0 Å². The number of nitriles is 2. The molecule has 1 amide bonds. The third kappa shape index (κ3) is 7.76. The second kappa shape index (κ2) is 10.1. The smallest absolute Gasteiger partial charge is 0.407 e. The number of nitrogens with two attached hydrogens (primary N) is 1. The summed E-state index contributed by atoms with van der Waals surface area (Å²) in [5.41, 5.74) is 7.16. The molecule has 1 aromatic carbocycles. The number of hydrogen-bond acceptors (Lipinski definition) is 6. The molecule has 26 heavy (non-hydrogen) atoms. The van der Waals surface area contributed by atoms with Crippen LogP contribution in [0.3, 0.4) is 0 Å². The van der Waals surface area contributed by atoms with Gasteiger partial charge < -0.3 is 21.1 Å². The van der Waals surface area contributed by atoms with Crippen molar-refractivity contribution in [3.63, 3.8) is 0 Å². The lowest BCUT2D eigenvalue weighted by Gasteiger charge is -2.19. The van der Waals surface area contributed by atoms with Gasteiger partial charge in [0.2, 0.25) is 0 Å². The molecule has 0 atom stereocenters. The molecule has 0 aromatic heterocycles. The third-order valence-electron chi connectivity index (χ3n) is 3.52. The molecule has 1 aromatic rings. The van der Waals surface area contributed by atoms with E-state index in [1.165, 1.54) is 6.07 Å². The van der Waals surface area contributed by atoms with Crippen LogP contribution in [0.4, 0.5) is 16.2 Å². The number of anilines is 2. The Morgan fingerprint density at radius 1 is 1.08 bits per heavy atom. The minimum Gasteiger partial charge on any atom is -0.444 e.